The Morgan fingerprint density at radius 2 is 1.00 bits per heavy atom. The molecule has 0 aliphatic carbocycles. The average Bonchev–Trinajstić information content (AvgIpc) is 2.30. The fourth-order valence-corrected chi connectivity index (χ4v) is 2.99. The normalized spacial score (nSPS) is 11.0. The van der Waals surface area contributed by atoms with E-state index in [-0.39, 0.29) is 10.7 Å². The van der Waals surface area contributed by atoms with Crippen LogP contribution in [0.15, 0.2) is 70.5 Å². The number of rotatable bonds is 2. The zero-order valence-corrected chi connectivity index (χ0v) is 9.12. The van der Waals surface area contributed by atoms with Crippen LogP contribution < -0.4 is 0 Å². The monoisotopic (exact) mass is 200 g/mol. The van der Waals surface area contributed by atoms with Gasteiger partial charge >= 0.3 is 0 Å². The Kier molecular flexibility index (Phi) is 2.95. The lowest BCUT2D eigenvalue weighted by Crippen LogP contribution is -1.83. The third-order valence-electron chi connectivity index (χ3n) is 2.29. The SMILES string of the molecule is B[SH](c1ccccc1)c1ccccc1. The van der Waals surface area contributed by atoms with Crippen LogP contribution in [-0.2, 0) is 0 Å². The molecule has 0 saturated heterocycles. The highest BCUT2D eigenvalue weighted by molar-refractivity contribution is 8.35. The summed E-state index contributed by atoms with van der Waals surface area (Å²) in [5.41, 5.74) is 0. The van der Waals surface area contributed by atoms with Gasteiger partial charge in [0.2, 0.25) is 0 Å². The highest BCUT2D eigenvalue weighted by Crippen LogP contribution is 2.39. The molecular formula is C12H13BS. The summed E-state index contributed by atoms with van der Waals surface area (Å²) >= 11 is 0. The lowest BCUT2D eigenvalue weighted by atomic mass is 10.4. The fourth-order valence-electron chi connectivity index (χ4n) is 1.45. The number of thiol groups is 1. The molecule has 0 saturated carbocycles. The van der Waals surface area contributed by atoms with E-state index in [4.69, 9.17) is 0 Å². The lowest BCUT2D eigenvalue weighted by molar-refractivity contribution is 1.40. The fraction of sp³-hybridized carbons (Fsp3) is 0. The molecule has 0 spiro atoms. The molecule has 0 bridgehead atoms. The van der Waals surface area contributed by atoms with Crippen LogP contribution in [0.25, 0.3) is 0 Å². The predicted molar refractivity (Wildman–Crippen MR) is 66.9 cm³/mol. The highest BCUT2D eigenvalue weighted by atomic mass is 32.2. The van der Waals surface area contributed by atoms with Crippen LogP contribution >= 0.6 is 10.7 Å². The van der Waals surface area contributed by atoms with Gasteiger partial charge in [0.25, 0.3) is 0 Å². The summed E-state index contributed by atoms with van der Waals surface area (Å²) in [6.45, 7) is 0. The minimum absolute atomic E-state index is 0.171. The van der Waals surface area contributed by atoms with E-state index in [2.05, 4.69) is 67.8 Å². The first-order valence-corrected chi connectivity index (χ1v) is 6.50. The molecule has 0 aromatic heterocycles. The Morgan fingerprint density at radius 3 is 1.36 bits per heavy atom. The van der Waals surface area contributed by atoms with Crippen LogP contribution in [0, 0.1) is 0 Å². The first kappa shape index (κ1) is 9.41. The van der Waals surface area contributed by atoms with Crippen molar-refractivity contribution in [2.45, 2.75) is 9.79 Å². The predicted octanol–water partition coefficient (Wildman–Crippen LogP) is 2.65. The molecule has 0 unspecified atom stereocenters. The van der Waals surface area contributed by atoms with Gasteiger partial charge in [0, 0.05) is 0 Å². The van der Waals surface area contributed by atoms with Crippen molar-refractivity contribution in [3.05, 3.63) is 60.7 Å². The highest BCUT2D eigenvalue weighted by Gasteiger charge is 2.01. The summed E-state index contributed by atoms with van der Waals surface area (Å²) in [7, 11) is 2.13. The second-order valence-electron chi connectivity index (χ2n) is 3.23. The molecule has 0 heterocycles. The van der Waals surface area contributed by atoms with E-state index in [0.29, 0.717) is 0 Å². The molecule has 2 aromatic carbocycles. The molecule has 0 nitrogen and oxygen atoms in total. The zero-order chi connectivity index (χ0) is 9.80. The van der Waals surface area contributed by atoms with Crippen LogP contribution in [-0.4, -0.2) is 7.12 Å². The summed E-state index contributed by atoms with van der Waals surface area (Å²) in [5.74, 6) is 0. The molecule has 0 aliphatic heterocycles. The van der Waals surface area contributed by atoms with Crippen LogP contribution in [0.3, 0.4) is 0 Å². The smallest absolute Gasteiger partial charge is 0.160 e. The third-order valence-corrected chi connectivity index (χ3v) is 4.43. The maximum atomic E-state index is 2.31. The van der Waals surface area contributed by atoms with Gasteiger partial charge in [-0.05, 0) is 9.79 Å². The first-order valence-electron chi connectivity index (χ1n) is 4.72. The molecule has 0 aliphatic rings. The number of hydrogen-bond acceptors (Lipinski definition) is 0. The largest absolute Gasteiger partial charge is 0.237 e. The van der Waals surface area contributed by atoms with E-state index in [0.717, 1.165) is 0 Å². The van der Waals surface area contributed by atoms with Crippen molar-refractivity contribution >= 4 is 17.9 Å². The molecule has 2 aromatic rings. The molecule has 2 heteroatoms. The van der Waals surface area contributed by atoms with E-state index in [1.54, 1.807) is 0 Å². The van der Waals surface area contributed by atoms with Crippen molar-refractivity contribution in [1.82, 2.24) is 0 Å². The van der Waals surface area contributed by atoms with Crippen LogP contribution in [0.5, 0.6) is 0 Å². The average molecular weight is 200 g/mol. The van der Waals surface area contributed by atoms with E-state index in [9.17, 15) is 0 Å². The maximum absolute atomic E-state index is 2.31. The van der Waals surface area contributed by atoms with Gasteiger partial charge in [0.15, 0.2) is 7.12 Å². The van der Waals surface area contributed by atoms with Gasteiger partial charge in [0.05, 0.1) is 0 Å². The van der Waals surface area contributed by atoms with Crippen LogP contribution in [0.1, 0.15) is 0 Å². The van der Waals surface area contributed by atoms with Crippen molar-refractivity contribution < 1.29 is 0 Å². The molecule has 0 atom stereocenters. The molecule has 0 amide bonds. The zero-order valence-electron chi connectivity index (χ0n) is 8.22. The van der Waals surface area contributed by atoms with E-state index in [1.807, 2.05) is 0 Å². The van der Waals surface area contributed by atoms with Crippen LogP contribution in [0.4, 0.5) is 0 Å². The molecule has 0 radical (unpaired) electrons. The van der Waals surface area contributed by atoms with E-state index < -0.39 is 0 Å². The second kappa shape index (κ2) is 4.38. The summed E-state index contributed by atoms with van der Waals surface area (Å²) in [4.78, 5) is 2.88. The minimum Gasteiger partial charge on any atom is -0.237 e. The van der Waals surface area contributed by atoms with Gasteiger partial charge in [-0.2, -0.15) is 0 Å². The maximum Gasteiger partial charge on any atom is 0.160 e. The van der Waals surface area contributed by atoms with Gasteiger partial charge in [-0.15, -0.1) is 0 Å². The number of hydrogen-bond donors (Lipinski definition) is 1. The van der Waals surface area contributed by atoms with Crippen molar-refractivity contribution in [2.75, 3.05) is 0 Å². The van der Waals surface area contributed by atoms with Gasteiger partial charge in [-0.25, -0.2) is 10.7 Å². The van der Waals surface area contributed by atoms with Crippen molar-refractivity contribution in [3.8, 4) is 0 Å². The Hall–Kier alpha value is -1.15. The summed E-state index contributed by atoms with van der Waals surface area (Å²) < 4.78 is 0. The minimum atomic E-state index is -0.171. The van der Waals surface area contributed by atoms with Crippen molar-refractivity contribution in [3.63, 3.8) is 0 Å². The first-order chi connectivity index (χ1) is 6.88. The summed E-state index contributed by atoms with van der Waals surface area (Å²) in [6.07, 6.45) is 0. The quantitative estimate of drug-likeness (QED) is 0.559. The molecule has 14 heavy (non-hydrogen) atoms. The van der Waals surface area contributed by atoms with Crippen molar-refractivity contribution in [2.24, 2.45) is 0 Å². The Balaban J connectivity index is 2.30. The molecule has 70 valence electrons. The second-order valence-corrected chi connectivity index (χ2v) is 5.38. The van der Waals surface area contributed by atoms with Crippen molar-refractivity contribution in [1.29, 1.82) is 0 Å². The van der Waals surface area contributed by atoms with E-state index >= 15 is 0 Å². The van der Waals surface area contributed by atoms with E-state index in [1.165, 1.54) is 9.79 Å². The van der Waals surface area contributed by atoms with Gasteiger partial charge in [-0.3, -0.25) is 0 Å². The topological polar surface area (TPSA) is 0 Å². The van der Waals surface area contributed by atoms with Gasteiger partial charge in [0.1, 0.15) is 0 Å². The van der Waals surface area contributed by atoms with Gasteiger partial charge in [-0.1, -0.05) is 60.7 Å². The Bertz CT molecular complexity index is 346. The molecule has 0 fully saturated rings. The van der Waals surface area contributed by atoms with Gasteiger partial charge < -0.3 is 0 Å². The molecule has 2 rings (SSSR count). The summed E-state index contributed by atoms with van der Waals surface area (Å²) in [5, 5.41) is 0. The van der Waals surface area contributed by atoms with Crippen LogP contribution in [0.2, 0.25) is 0 Å². The molecular weight excluding hydrogens is 187 g/mol. The standard InChI is InChI=1S/C12H13BS/c13-14(11-7-3-1-4-8-11)12-9-5-2-6-10-12/h1-10,14H,13H2. The number of benzene rings is 2. The third kappa shape index (κ3) is 2.02. The Labute approximate surface area is 88.6 Å². The molecule has 0 N–H and O–H groups in total. The summed E-state index contributed by atoms with van der Waals surface area (Å²) in [6, 6.07) is 21.4. The Morgan fingerprint density at radius 1 is 0.643 bits per heavy atom. The lowest BCUT2D eigenvalue weighted by Gasteiger charge is -2.16.